The van der Waals surface area contributed by atoms with E-state index in [1.165, 1.54) is 23.5 Å². The standard InChI is InChI=1S/C15H16ClN3O3S/c1-3-18(9-12-6-7-14(16)23-12)15(20)17-13-8-11(19(21)22)5-4-10(13)2/h4-8H,3,9H2,1-2H3,(H,17,20). The summed E-state index contributed by atoms with van der Waals surface area (Å²) >= 11 is 7.32. The normalized spacial score (nSPS) is 10.4. The van der Waals surface area contributed by atoms with Crippen molar-refractivity contribution >= 4 is 40.3 Å². The van der Waals surface area contributed by atoms with Gasteiger partial charge in [0.2, 0.25) is 0 Å². The Balaban J connectivity index is 2.13. The molecule has 1 aromatic carbocycles. The molecule has 2 rings (SSSR count). The van der Waals surface area contributed by atoms with Crippen LogP contribution in [0.25, 0.3) is 0 Å². The van der Waals surface area contributed by atoms with Crippen molar-refractivity contribution in [1.29, 1.82) is 0 Å². The Hall–Kier alpha value is -2.12. The highest BCUT2D eigenvalue weighted by molar-refractivity contribution is 7.16. The zero-order chi connectivity index (χ0) is 17.0. The van der Waals surface area contributed by atoms with Crippen LogP contribution in [0.2, 0.25) is 4.34 Å². The van der Waals surface area contributed by atoms with E-state index in [2.05, 4.69) is 5.32 Å². The maximum atomic E-state index is 12.4. The number of rotatable bonds is 5. The van der Waals surface area contributed by atoms with Gasteiger partial charge in [0.15, 0.2) is 0 Å². The highest BCUT2D eigenvalue weighted by Crippen LogP contribution is 2.24. The lowest BCUT2D eigenvalue weighted by atomic mass is 10.2. The van der Waals surface area contributed by atoms with E-state index < -0.39 is 4.92 Å². The van der Waals surface area contributed by atoms with Crippen LogP contribution in [0, 0.1) is 17.0 Å². The number of urea groups is 1. The van der Waals surface area contributed by atoms with E-state index in [1.807, 2.05) is 13.0 Å². The van der Waals surface area contributed by atoms with Gasteiger partial charge in [0, 0.05) is 23.6 Å². The number of carbonyl (C=O) groups is 1. The van der Waals surface area contributed by atoms with E-state index in [1.54, 1.807) is 24.0 Å². The monoisotopic (exact) mass is 353 g/mol. The van der Waals surface area contributed by atoms with Crippen LogP contribution in [0.4, 0.5) is 16.2 Å². The molecule has 0 fully saturated rings. The number of hydrogen-bond donors (Lipinski definition) is 1. The van der Waals surface area contributed by atoms with Gasteiger partial charge in [0.1, 0.15) is 0 Å². The molecular formula is C15H16ClN3O3S. The topological polar surface area (TPSA) is 75.5 Å². The van der Waals surface area contributed by atoms with Gasteiger partial charge in [0.05, 0.1) is 21.5 Å². The smallest absolute Gasteiger partial charge is 0.320 e. The summed E-state index contributed by atoms with van der Waals surface area (Å²) in [6, 6.07) is 7.75. The van der Waals surface area contributed by atoms with Crippen molar-refractivity contribution < 1.29 is 9.72 Å². The first-order valence-electron chi connectivity index (χ1n) is 6.96. The van der Waals surface area contributed by atoms with Crippen molar-refractivity contribution in [1.82, 2.24) is 4.90 Å². The fourth-order valence-electron chi connectivity index (χ4n) is 2.00. The van der Waals surface area contributed by atoms with Gasteiger partial charge in [-0.3, -0.25) is 10.1 Å². The second-order valence-electron chi connectivity index (χ2n) is 4.91. The highest BCUT2D eigenvalue weighted by atomic mass is 35.5. The second-order valence-corrected chi connectivity index (χ2v) is 6.71. The lowest BCUT2D eigenvalue weighted by Gasteiger charge is -2.21. The maximum absolute atomic E-state index is 12.4. The molecule has 0 saturated carbocycles. The van der Waals surface area contributed by atoms with Crippen LogP contribution in [0.3, 0.4) is 0 Å². The van der Waals surface area contributed by atoms with Crippen molar-refractivity contribution in [2.45, 2.75) is 20.4 Å². The van der Waals surface area contributed by atoms with Gasteiger partial charge in [-0.25, -0.2) is 4.79 Å². The molecule has 1 heterocycles. The number of nitrogens with one attached hydrogen (secondary N) is 1. The summed E-state index contributed by atoms with van der Waals surface area (Å²) in [5.74, 6) is 0. The van der Waals surface area contributed by atoms with Crippen LogP contribution >= 0.6 is 22.9 Å². The van der Waals surface area contributed by atoms with Crippen LogP contribution < -0.4 is 5.32 Å². The lowest BCUT2D eigenvalue weighted by Crippen LogP contribution is -2.34. The van der Waals surface area contributed by atoms with Crippen LogP contribution in [-0.2, 0) is 6.54 Å². The molecule has 0 spiro atoms. The number of nitrogens with zero attached hydrogens (tertiary/aromatic N) is 2. The summed E-state index contributed by atoms with van der Waals surface area (Å²) in [7, 11) is 0. The van der Waals surface area contributed by atoms with Gasteiger partial charge in [-0.1, -0.05) is 17.7 Å². The Kier molecular flexibility index (Phi) is 5.57. The van der Waals surface area contributed by atoms with E-state index in [9.17, 15) is 14.9 Å². The summed E-state index contributed by atoms with van der Waals surface area (Å²) in [5.41, 5.74) is 1.14. The van der Waals surface area contributed by atoms with Gasteiger partial charge in [-0.05, 0) is 31.5 Å². The number of carbonyl (C=O) groups excluding carboxylic acids is 1. The number of anilines is 1. The molecule has 2 amide bonds. The highest BCUT2D eigenvalue weighted by Gasteiger charge is 2.16. The molecule has 0 bridgehead atoms. The molecule has 0 aliphatic carbocycles. The Morgan fingerprint density at radius 2 is 2.13 bits per heavy atom. The average Bonchev–Trinajstić information content (AvgIpc) is 2.91. The van der Waals surface area contributed by atoms with Gasteiger partial charge in [-0.15, -0.1) is 11.3 Å². The summed E-state index contributed by atoms with van der Waals surface area (Å²) in [5, 5.41) is 13.6. The molecule has 1 N–H and O–H groups in total. The SMILES string of the molecule is CCN(Cc1ccc(Cl)s1)C(=O)Nc1cc([N+](=O)[O-])ccc1C. The Labute approximate surface area is 142 Å². The first kappa shape index (κ1) is 17.2. The number of aryl methyl sites for hydroxylation is 1. The second kappa shape index (κ2) is 7.43. The molecule has 2 aromatic rings. The zero-order valence-electron chi connectivity index (χ0n) is 12.7. The number of thiophene rings is 1. The van der Waals surface area contributed by atoms with Crippen LogP contribution in [0.1, 0.15) is 17.4 Å². The predicted octanol–water partition coefficient (Wildman–Crippen LogP) is 4.67. The third-order valence-corrected chi connectivity index (χ3v) is 4.53. The fraction of sp³-hybridized carbons (Fsp3) is 0.267. The van der Waals surface area contributed by atoms with Crippen molar-refractivity contribution in [3.05, 3.63) is 55.2 Å². The number of non-ortho nitro benzene ring substituents is 1. The van der Waals surface area contributed by atoms with Crippen LogP contribution in [0.15, 0.2) is 30.3 Å². The van der Waals surface area contributed by atoms with Crippen molar-refractivity contribution in [3.8, 4) is 0 Å². The number of hydrogen-bond acceptors (Lipinski definition) is 4. The van der Waals surface area contributed by atoms with Crippen LogP contribution in [-0.4, -0.2) is 22.4 Å². The summed E-state index contributed by atoms with van der Waals surface area (Å²) in [4.78, 5) is 25.4. The maximum Gasteiger partial charge on any atom is 0.322 e. The molecular weight excluding hydrogens is 338 g/mol. The van der Waals surface area contributed by atoms with E-state index >= 15 is 0 Å². The summed E-state index contributed by atoms with van der Waals surface area (Å²) < 4.78 is 0.672. The van der Waals surface area contributed by atoms with Crippen molar-refractivity contribution in [2.24, 2.45) is 0 Å². The first-order chi connectivity index (χ1) is 10.9. The molecule has 0 unspecified atom stereocenters. The molecule has 122 valence electrons. The van der Waals surface area contributed by atoms with E-state index in [0.717, 1.165) is 10.4 Å². The molecule has 1 aromatic heterocycles. The Bertz CT molecular complexity index is 733. The lowest BCUT2D eigenvalue weighted by molar-refractivity contribution is -0.384. The molecule has 0 aliphatic heterocycles. The van der Waals surface area contributed by atoms with Crippen molar-refractivity contribution in [3.63, 3.8) is 0 Å². The number of halogens is 1. The molecule has 0 aliphatic rings. The Morgan fingerprint density at radius 1 is 1.39 bits per heavy atom. The minimum Gasteiger partial charge on any atom is -0.320 e. The Morgan fingerprint density at radius 3 is 2.70 bits per heavy atom. The third kappa shape index (κ3) is 4.43. The minimum atomic E-state index is -0.486. The predicted molar refractivity (Wildman–Crippen MR) is 92.3 cm³/mol. The largest absolute Gasteiger partial charge is 0.322 e. The molecule has 0 atom stereocenters. The molecule has 6 nitrogen and oxygen atoms in total. The molecule has 8 heteroatoms. The van der Waals surface area contributed by atoms with Gasteiger partial charge >= 0.3 is 6.03 Å². The first-order valence-corrected chi connectivity index (χ1v) is 8.15. The fourth-order valence-corrected chi connectivity index (χ4v) is 3.11. The number of nitro benzene ring substituents is 1. The molecule has 23 heavy (non-hydrogen) atoms. The molecule has 0 saturated heterocycles. The van der Waals surface area contributed by atoms with E-state index in [0.29, 0.717) is 23.1 Å². The minimum absolute atomic E-state index is 0.0565. The van der Waals surface area contributed by atoms with Gasteiger partial charge in [-0.2, -0.15) is 0 Å². The van der Waals surface area contributed by atoms with Crippen molar-refractivity contribution in [2.75, 3.05) is 11.9 Å². The number of benzene rings is 1. The van der Waals surface area contributed by atoms with Crippen LogP contribution in [0.5, 0.6) is 0 Å². The third-order valence-electron chi connectivity index (χ3n) is 3.32. The molecule has 0 radical (unpaired) electrons. The van der Waals surface area contributed by atoms with E-state index in [4.69, 9.17) is 11.6 Å². The average molecular weight is 354 g/mol. The number of nitro groups is 1. The number of amides is 2. The summed E-state index contributed by atoms with van der Waals surface area (Å²) in [6.07, 6.45) is 0. The van der Waals surface area contributed by atoms with E-state index in [-0.39, 0.29) is 11.7 Å². The quantitative estimate of drug-likeness (QED) is 0.626. The van der Waals surface area contributed by atoms with Gasteiger partial charge in [0.25, 0.3) is 5.69 Å². The zero-order valence-corrected chi connectivity index (χ0v) is 14.3. The van der Waals surface area contributed by atoms with Gasteiger partial charge < -0.3 is 10.2 Å². The summed E-state index contributed by atoms with van der Waals surface area (Å²) in [6.45, 7) is 4.60.